The lowest BCUT2D eigenvalue weighted by Crippen LogP contribution is -2.30. The normalized spacial score (nSPS) is 10.8. The Morgan fingerprint density at radius 1 is 1.12 bits per heavy atom. The quantitative estimate of drug-likeness (QED) is 0.706. The molecule has 0 aliphatic heterocycles. The topological polar surface area (TPSA) is 46.1 Å². The second kappa shape index (κ2) is 6.97. The Morgan fingerprint density at radius 2 is 1.83 bits per heavy atom. The number of benzene rings is 1. The summed E-state index contributed by atoms with van der Waals surface area (Å²) in [5, 5.41) is 1.45. The van der Waals surface area contributed by atoms with Gasteiger partial charge in [0.05, 0.1) is 16.2 Å². The standard InChI is InChI=1S/C19H18ClN3O/c1-3-23(4-2)19(24)14-7-5-13(6-8-14)18-11-16(20)15-12-21-10-9-17(15)22-18/h5-12H,3-4H2,1-2H3. The van der Waals surface area contributed by atoms with Gasteiger partial charge in [0.1, 0.15) is 0 Å². The highest BCUT2D eigenvalue weighted by Crippen LogP contribution is 2.27. The number of carbonyl (C=O) groups excluding carboxylic acids is 1. The van der Waals surface area contributed by atoms with Gasteiger partial charge in [-0.1, -0.05) is 23.7 Å². The largest absolute Gasteiger partial charge is 0.339 e. The van der Waals surface area contributed by atoms with Crippen LogP contribution in [0.1, 0.15) is 24.2 Å². The second-order valence-corrected chi connectivity index (χ2v) is 5.84. The Morgan fingerprint density at radius 3 is 2.50 bits per heavy atom. The molecule has 4 nitrogen and oxygen atoms in total. The lowest BCUT2D eigenvalue weighted by molar-refractivity contribution is 0.0773. The van der Waals surface area contributed by atoms with Gasteiger partial charge in [-0.2, -0.15) is 0 Å². The van der Waals surface area contributed by atoms with E-state index in [9.17, 15) is 4.79 Å². The SMILES string of the molecule is CCN(CC)C(=O)c1ccc(-c2cc(Cl)c3cnccc3n2)cc1. The molecule has 0 bridgehead atoms. The van der Waals surface area contributed by atoms with E-state index in [0.29, 0.717) is 23.7 Å². The number of rotatable bonds is 4. The summed E-state index contributed by atoms with van der Waals surface area (Å²) in [5.74, 6) is 0.0436. The van der Waals surface area contributed by atoms with Gasteiger partial charge < -0.3 is 4.90 Å². The second-order valence-electron chi connectivity index (χ2n) is 5.44. The predicted molar refractivity (Wildman–Crippen MR) is 97.2 cm³/mol. The summed E-state index contributed by atoms with van der Waals surface area (Å²) < 4.78 is 0. The minimum Gasteiger partial charge on any atom is -0.339 e. The van der Waals surface area contributed by atoms with Gasteiger partial charge in [0.2, 0.25) is 0 Å². The van der Waals surface area contributed by atoms with Gasteiger partial charge in [0.15, 0.2) is 0 Å². The third-order valence-corrected chi connectivity index (χ3v) is 4.35. The van der Waals surface area contributed by atoms with Crippen molar-refractivity contribution in [3.05, 3.63) is 59.4 Å². The van der Waals surface area contributed by atoms with Crippen molar-refractivity contribution in [3.8, 4) is 11.3 Å². The van der Waals surface area contributed by atoms with Crippen LogP contribution in [-0.4, -0.2) is 33.9 Å². The van der Waals surface area contributed by atoms with Gasteiger partial charge in [0, 0.05) is 42.0 Å². The number of carbonyl (C=O) groups is 1. The Kier molecular flexibility index (Phi) is 4.76. The van der Waals surface area contributed by atoms with Gasteiger partial charge in [-0.25, -0.2) is 4.98 Å². The molecule has 2 heterocycles. The van der Waals surface area contributed by atoms with Crippen molar-refractivity contribution in [2.24, 2.45) is 0 Å². The van der Waals surface area contributed by atoms with E-state index in [1.54, 1.807) is 17.3 Å². The van der Waals surface area contributed by atoms with E-state index in [4.69, 9.17) is 11.6 Å². The highest BCUT2D eigenvalue weighted by Gasteiger charge is 2.13. The van der Waals surface area contributed by atoms with E-state index in [-0.39, 0.29) is 5.91 Å². The van der Waals surface area contributed by atoms with Crippen LogP contribution in [0.4, 0.5) is 0 Å². The zero-order valence-electron chi connectivity index (χ0n) is 13.7. The minimum atomic E-state index is 0.0436. The highest BCUT2D eigenvalue weighted by molar-refractivity contribution is 6.35. The number of pyridine rings is 2. The van der Waals surface area contributed by atoms with Crippen LogP contribution in [0.2, 0.25) is 5.02 Å². The molecule has 0 saturated carbocycles. The number of halogens is 1. The fraction of sp³-hybridized carbons (Fsp3) is 0.211. The maximum absolute atomic E-state index is 12.4. The van der Waals surface area contributed by atoms with Crippen LogP contribution in [0.3, 0.4) is 0 Å². The molecule has 122 valence electrons. The fourth-order valence-electron chi connectivity index (χ4n) is 2.65. The van der Waals surface area contributed by atoms with E-state index in [0.717, 1.165) is 22.2 Å². The van der Waals surface area contributed by atoms with Crippen molar-refractivity contribution >= 4 is 28.4 Å². The first-order valence-electron chi connectivity index (χ1n) is 7.94. The predicted octanol–water partition coefficient (Wildman–Crippen LogP) is 4.43. The Balaban J connectivity index is 1.95. The summed E-state index contributed by atoms with van der Waals surface area (Å²) in [6.07, 6.45) is 3.40. The van der Waals surface area contributed by atoms with Crippen molar-refractivity contribution in [2.75, 3.05) is 13.1 Å². The molecular weight excluding hydrogens is 322 g/mol. The molecule has 0 saturated heterocycles. The van der Waals surface area contributed by atoms with Gasteiger partial charge in [0.25, 0.3) is 5.91 Å². The maximum atomic E-state index is 12.4. The van der Waals surface area contributed by atoms with Crippen LogP contribution in [0.15, 0.2) is 48.8 Å². The fourth-order valence-corrected chi connectivity index (χ4v) is 2.90. The molecule has 1 aromatic carbocycles. The lowest BCUT2D eigenvalue weighted by Gasteiger charge is -2.18. The average Bonchev–Trinajstić information content (AvgIpc) is 2.63. The molecule has 0 fully saturated rings. The molecule has 0 aliphatic rings. The molecule has 2 aromatic heterocycles. The van der Waals surface area contributed by atoms with Gasteiger partial charge in [-0.3, -0.25) is 9.78 Å². The van der Waals surface area contributed by atoms with Crippen molar-refractivity contribution in [1.82, 2.24) is 14.9 Å². The van der Waals surface area contributed by atoms with E-state index in [2.05, 4.69) is 9.97 Å². The van der Waals surface area contributed by atoms with Crippen LogP contribution >= 0.6 is 11.6 Å². The minimum absolute atomic E-state index is 0.0436. The summed E-state index contributed by atoms with van der Waals surface area (Å²) >= 11 is 6.33. The van der Waals surface area contributed by atoms with Crippen LogP contribution in [0.5, 0.6) is 0 Å². The molecule has 3 aromatic rings. The maximum Gasteiger partial charge on any atom is 0.253 e. The van der Waals surface area contributed by atoms with Crippen LogP contribution in [-0.2, 0) is 0 Å². The summed E-state index contributed by atoms with van der Waals surface area (Å²) in [7, 11) is 0. The Hall–Kier alpha value is -2.46. The first-order chi connectivity index (χ1) is 11.6. The smallest absolute Gasteiger partial charge is 0.253 e. The number of aromatic nitrogens is 2. The molecular formula is C19H18ClN3O. The van der Waals surface area contributed by atoms with E-state index >= 15 is 0 Å². The number of amides is 1. The van der Waals surface area contributed by atoms with Crippen LogP contribution < -0.4 is 0 Å². The van der Waals surface area contributed by atoms with Gasteiger partial charge >= 0.3 is 0 Å². The molecule has 24 heavy (non-hydrogen) atoms. The molecule has 1 amide bonds. The summed E-state index contributed by atoms with van der Waals surface area (Å²) in [4.78, 5) is 22.9. The van der Waals surface area contributed by atoms with Gasteiger partial charge in [-0.05, 0) is 38.1 Å². The van der Waals surface area contributed by atoms with Crippen LogP contribution in [0.25, 0.3) is 22.2 Å². The first-order valence-corrected chi connectivity index (χ1v) is 8.31. The summed E-state index contributed by atoms with van der Waals surface area (Å²) in [6.45, 7) is 5.36. The molecule has 0 N–H and O–H groups in total. The number of hydrogen-bond donors (Lipinski definition) is 0. The molecule has 3 rings (SSSR count). The zero-order chi connectivity index (χ0) is 17.1. The monoisotopic (exact) mass is 339 g/mol. The number of nitrogens with zero attached hydrogens (tertiary/aromatic N) is 3. The molecule has 0 radical (unpaired) electrons. The highest BCUT2D eigenvalue weighted by atomic mass is 35.5. The Bertz CT molecular complexity index is 873. The van der Waals surface area contributed by atoms with Crippen LogP contribution in [0, 0.1) is 0 Å². The van der Waals surface area contributed by atoms with Crippen molar-refractivity contribution in [3.63, 3.8) is 0 Å². The van der Waals surface area contributed by atoms with Crippen molar-refractivity contribution in [1.29, 1.82) is 0 Å². The molecule has 0 unspecified atom stereocenters. The molecule has 0 atom stereocenters. The van der Waals surface area contributed by atoms with E-state index in [1.807, 2.05) is 50.2 Å². The third kappa shape index (κ3) is 3.10. The summed E-state index contributed by atoms with van der Waals surface area (Å²) in [5.41, 5.74) is 3.18. The lowest BCUT2D eigenvalue weighted by atomic mass is 10.1. The molecule has 5 heteroatoms. The summed E-state index contributed by atoms with van der Waals surface area (Å²) in [6, 6.07) is 11.1. The molecule has 0 spiro atoms. The average molecular weight is 340 g/mol. The third-order valence-electron chi connectivity index (χ3n) is 4.04. The number of hydrogen-bond acceptors (Lipinski definition) is 3. The van der Waals surface area contributed by atoms with E-state index < -0.39 is 0 Å². The first kappa shape index (κ1) is 16.4. The van der Waals surface area contributed by atoms with Gasteiger partial charge in [-0.15, -0.1) is 0 Å². The number of fused-ring (bicyclic) bond motifs is 1. The van der Waals surface area contributed by atoms with Crippen molar-refractivity contribution < 1.29 is 4.79 Å². The van der Waals surface area contributed by atoms with Crippen molar-refractivity contribution in [2.45, 2.75) is 13.8 Å². The molecule has 0 aliphatic carbocycles. The van der Waals surface area contributed by atoms with E-state index in [1.165, 1.54) is 0 Å². The zero-order valence-corrected chi connectivity index (χ0v) is 14.4. The Labute approximate surface area is 146 Å².